The summed E-state index contributed by atoms with van der Waals surface area (Å²) in [7, 11) is 0. The van der Waals surface area contributed by atoms with E-state index in [0.29, 0.717) is 0 Å². The Bertz CT molecular complexity index is 1720. The van der Waals surface area contributed by atoms with Crippen molar-refractivity contribution in [2.75, 3.05) is 0 Å². The lowest BCUT2D eigenvalue weighted by Crippen LogP contribution is -2.20. The van der Waals surface area contributed by atoms with Crippen molar-refractivity contribution >= 4 is 0 Å². The molecule has 0 amide bonds. The molecule has 4 aromatic rings. The Kier molecular flexibility index (Phi) is 7.24. The molecule has 0 unspecified atom stereocenters. The zero-order chi connectivity index (χ0) is 32.4. The third kappa shape index (κ3) is 3.87. The van der Waals surface area contributed by atoms with Crippen LogP contribution in [0.25, 0.3) is 33.4 Å². The lowest BCUT2D eigenvalue weighted by atomic mass is 9.73. The van der Waals surface area contributed by atoms with Crippen molar-refractivity contribution in [1.29, 1.82) is 0 Å². The van der Waals surface area contributed by atoms with Gasteiger partial charge in [0, 0.05) is 5.41 Å². The van der Waals surface area contributed by atoms with Crippen molar-refractivity contribution in [3.63, 3.8) is 0 Å². The molecule has 0 aliphatic heterocycles. The van der Waals surface area contributed by atoms with E-state index in [0.717, 1.165) is 0 Å². The predicted octanol–water partition coefficient (Wildman–Crippen LogP) is 12.3. The van der Waals surface area contributed by atoms with E-state index in [1.807, 2.05) is 0 Å². The fraction of sp³-hybridized carbons (Fsp3) is 0.442. The second-order valence-corrected chi connectivity index (χ2v) is 14.6. The average Bonchev–Trinajstić information content (AvgIpc) is 3.21. The molecule has 226 valence electrons. The van der Waals surface area contributed by atoms with Crippen molar-refractivity contribution in [2.24, 2.45) is 0 Å². The molecule has 0 bridgehead atoms. The smallest absolute Gasteiger partial charge is 0.0164 e. The van der Waals surface area contributed by atoms with E-state index in [4.69, 9.17) is 0 Å². The Morgan fingerprint density at radius 1 is 0.209 bits per heavy atom. The van der Waals surface area contributed by atoms with Crippen LogP contribution >= 0.6 is 0 Å². The van der Waals surface area contributed by atoms with Crippen LogP contribution in [0.3, 0.4) is 0 Å². The van der Waals surface area contributed by atoms with Crippen LogP contribution in [0.5, 0.6) is 0 Å². The van der Waals surface area contributed by atoms with Gasteiger partial charge in [-0.25, -0.2) is 0 Å². The molecule has 1 aliphatic rings. The van der Waals surface area contributed by atoms with E-state index >= 15 is 0 Å². The monoisotopic (exact) mass is 570 g/mol. The van der Waals surface area contributed by atoms with Gasteiger partial charge in [-0.2, -0.15) is 0 Å². The van der Waals surface area contributed by atoms with E-state index in [-0.39, 0.29) is 5.41 Å². The fourth-order valence-corrected chi connectivity index (χ4v) is 9.12. The molecule has 0 fully saturated rings. The molecule has 0 N–H and O–H groups in total. The van der Waals surface area contributed by atoms with E-state index in [1.165, 1.54) is 134 Å². The molecule has 5 rings (SSSR count). The first kappa shape index (κ1) is 31.3. The Hall–Kier alpha value is -3.12. The van der Waals surface area contributed by atoms with Crippen molar-refractivity contribution in [3.05, 3.63) is 100 Å². The van der Waals surface area contributed by atoms with Crippen LogP contribution in [0.1, 0.15) is 114 Å². The summed E-state index contributed by atoms with van der Waals surface area (Å²) >= 11 is 0. The Morgan fingerprint density at radius 3 is 0.628 bits per heavy atom. The molecular formula is C43H54. The first-order chi connectivity index (χ1) is 19.8. The van der Waals surface area contributed by atoms with Gasteiger partial charge in [-0.1, -0.05) is 13.8 Å². The van der Waals surface area contributed by atoms with Gasteiger partial charge in [-0.3, -0.25) is 0 Å². The summed E-state index contributed by atoms with van der Waals surface area (Å²) in [6.45, 7) is 42.5. The number of fused-ring (bicyclic) bond motifs is 3. The maximum atomic E-state index is 2.49. The first-order valence-electron chi connectivity index (χ1n) is 16.2. The highest BCUT2D eigenvalue weighted by Gasteiger charge is 2.43. The summed E-state index contributed by atoms with van der Waals surface area (Å²) in [5, 5.41) is 0. The molecule has 0 saturated carbocycles. The van der Waals surface area contributed by atoms with E-state index in [9.17, 15) is 0 Å². The van der Waals surface area contributed by atoms with Gasteiger partial charge < -0.3 is 0 Å². The van der Waals surface area contributed by atoms with Gasteiger partial charge >= 0.3 is 0 Å². The maximum Gasteiger partial charge on any atom is 0.0164 e. The zero-order valence-corrected chi connectivity index (χ0v) is 30.5. The van der Waals surface area contributed by atoms with Crippen LogP contribution in [0.2, 0.25) is 0 Å². The molecule has 4 aromatic carbocycles. The molecular weight excluding hydrogens is 516 g/mol. The molecule has 0 heteroatoms. The third-order valence-corrected chi connectivity index (χ3v) is 12.6. The summed E-state index contributed by atoms with van der Waals surface area (Å²) < 4.78 is 0. The van der Waals surface area contributed by atoms with Crippen LogP contribution in [0, 0.1) is 111 Å². The number of hydrogen-bond donors (Lipinski definition) is 0. The minimum atomic E-state index is -0.105. The minimum absolute atomic E-state index is 0.105. The summed E-state index contributed by atoms with van der Waals surface area (Å²) in [6, 6.07) is 0. The van der Waals surface area contributed by atoms with Gasteiger partial charge in [0.2, 0.25) is 0 Å². The topological polar surface area (TPSA) is 0 Å². The van der Waals surface area contributed by atoms with Crippen LogP contribution in [-0.4, -0.2) is 0 Å². The number of rotatable bonds is 2. The highest BCUT2D eigenvalue weighted by molar-refractivity contribution is 5.96. The Morgan fingerprint density at radius 2 is 0.372 bits per heavy atom. The average molecular weight is 571 g/mol. The molecule has 0 atom stereocenters. The van der Waals surface area contributed by atoms with E-state index < -0.39 is 0 Å². The molecule has 1 aliphatic carbocycles. The van der Waals surface area contributed by atoms with Gasteiger partial charge in [-0.05, 0) is 244 Å². The van der Waals surface area contributed by atoms with Crippen LogP contribution in [-0.2, 0) is 5.41 Å². The first-order valence-corrected chi connectivity index (χ1v) is 16.2. The molecule has 0 spiro atoms. The normalized spacial score (nSPS) is 13.5. The van der Waals surface area contributed by atoms with Crippen molar-refractivity contribution < 1.29 is 0 Å². The predicted molar refractivity (Wildman–Crippen MR) is 191 cm³/mol. The fourth-order valence-electron chi connectivity index (χ4n) is 9.12. The van der Waals surface area contributed by atoms with Gasteiger partial charge in [-0.15, -0.1) is 0 Å². The second-order valence-electron chi connectivity index (χ2n) is 14.6. The van der Waals surface area contributed by atoms with Gasteiger partial charge in [0.1, 0.15) is 0 Å². The van der Waals surface area contributed by atoms with Gasteiger partial charge in [0.05, 0.1) is 0 Å². The highest BCUT2D eigenvalue weighted by atomic mass is 14.5. The molecule has 0 saturated heterocycles. The lowest BCUT2D eigenvalue weighted by molar-refractivity contribution is 0.650. The molecule has 0 nitrogen and oxygen atoms in total. The number of benzene rings is 4. The Labute approximate surface area is 263 Å². The summed E-state index contributed by atoms with van der Waals surface area (Å²) in [5.74, 6) is 0. The van der Waals surface area contributed by atoms with E-state index in [2.05, 4.69) is 125 Å². The quantitative estimate of drug-likeness (QED) is 0.225. The van der Waals surface area contributed by atoms with Crippen molar-refractivity contribution in [2.45, 2.75) is 130 Å². The molecule has 0 heterocycles. The third-order valence-electron chi connectivity index (χ3n) is 12.6. The lowest BCUT2D eigenvalue weighted by Gasteiger charge is -2.30. The van der Waals surface area contributed by atoms with Crippen molar-refractivity contribution in [1.82, 2.24) is 0 Å². The summed E-state index contributed by atoms with van der Waals surface area (Å²) in [6.07, 6.45) is 0. The van der Waals surface area contributed by atoms with Crippen molar-refractivity contribution in [3.8, 4) is 33.4 Å². The van der Waals surface area contributed by atoms with E-state index in [1.54, 1.807) is 0 Å². The summed E-state index contributed by atoms with van der Waals surface area (Å²) in [5.41, 5.74) is 34.8. The summed E-state index contributed by atoms with van der Waals surface area (Å²) in [4.78, 5) is 0. The zero-order valence-electron chi connectivity index (χ0n) is 30.5. The second kappa shape index (κ2) is 9.95. The SMILES string of the molecule is Cc1c(C)c(C)c(-c2c(C)c(C)c3c(c2C)C(C)(C)c2c(C)c(-c4c(C)c(C)c(C)c(C)c4C)c(C)c(C)c2-3)c(C)c1C. The minimum Gasteiger partial charge on any atom is -0.0516 e. The molecule has 0 aromatic heterocycles. The largest absolute Gasteiger partial charge is 0.0516 e. The van der Waals surface area contributed by atoms with Gasteiger partial charge in [0.15, 0.2) is 0 Å². The van der Waals surface area contributed by atoms with Crippen LogP contribution in [0.4, 0.5) is 0 Å². The van der Waals surface area contributed by atoms with Crippen LogP contribution in [0.15, 0.2) is 0 Å². The maximum absolute atomic E-state index is 2.49. The highest BCUT2D eigenvalue weighted by Crippen LogP contribution is 2.59. The van der Waals surface area contributed by atoms with Crippen LogP contribution < -0.4 is 0 Å². The number of hydrogen-bond acceptors (Lipinski definition) is 0. The Balaban J connectivity index is 1.94. The standard InChI is InChI=1S/C43H54/c1-19-21(3)25(7)35(26(8)22(19)4)37-29(11)31(13)39-40-32(14)30(12)38(34(16)42(40)43(17,18)41(39)33(37)15)36-27(9)23(5)20(2)24(6)28(36)10/h1-18H3. The molecule has 0 radical (unpaired) electrons. The molecule has 43 heavy (non-hydrogen) atoms. The van der Waals surface area contributed by atoms with Gasteiger partial charge in [0.25, 0.3) is 0 Å².